The molecule has 1 N–H and O–H groups in total. The van der Waals surface area contributed by atoms with E-state index < -0.39 is 0 Å². The van der Waals surface area contributed by atoms with Gasteiger partial charge >= 0.3 is 0 Å². The summed E-state index contributed by atoms with van der Waals surface area (Å²) in [4.78, 5) is 0. The van der Waals surface area contributed by atoms with Gasteiger partial charge in [0.1, 0.15) is 0 Å². The van der Waals surface area contributed by atoms with Crippen molar-refractivity contribution in [3.05, 3.63) is 17.5 Å². The van der Waals surface area contributed by atoms with Crippen LogP contribution >= 0.6 is 0 Å². The molecule has 3 heteroatoms. The molecule has 0 spiro atoms. The normalized spacial score (nSPS) is 11.2. The highest BCUT2D eigenvalue weighted by atomic mass is 15.3. The van der Waals surface area contributed by atoms with Crippen molar-refractivity contribution in [2.75, 3.05) is 6.54 Å². The van der Waals surface area contributed by atoms with E-state index in [1.807, 2.05) is 17.9 Å². The number of aryl methyl sites for hydroxylation is 1. The Morgan fingerprint density at radius 2 is 2.23 bits per heavy atom. The summed E-state index contributed by atoms with van der Waals surface area (Å²) >= 11 is 0. The summed E-state index contributed by atoms with van der Waals surface area (Å²) in [6, 6.07) is 0. The molecule has 1 aromatic rings. The molecule has 74 valence electrons. The zero-order chi connectivity index (χ0) is 9.84. The van der Waals surface area contributed by atoms with E-state index in [2.05, 4.69) is 31.2 Å². The topological polar surface area (TPSA) is 29.9 Å². The second-order valence-electron chi connectivity index (χ2n) is 3.90. The van der Waals surface area contributed by atoms with Crippen LogP contribution in [0.5, 0.6) is 0 Å². The Kier molecular flexibility index (Phi) is 3.48. The van der Waals surface area contributed by atoms with Gasteiger partial charge in [-0.3, -0.25) is 4.68 Å². The van der Waals surface area contributed by atoms with Gasteiger partial charge in [-0.1, -0.05) is 13.8 Å². The molecule has 13 heavy (non-hydrogen) atoms. The quantitative estimate of drug-likeness (QED) is 0.762. The maximum absolute atomic E-state index is 4.19. The van der Waals surface area contributed by atoms with E-state index in [1.54, 1.807) is 0 Å². The van der Waals surface area contributed by atoms with Gasteiger partial charge in [-0.05, 0) is 19.4 Å². The van der Waals surface area contributed by atoms with Crippen LogP contribution in [-0.4, -0.2) is 16.3 Å². The monoisotopic (exact) mass is 181 g/mol. The second kappa shape index (κ2) is 4.42. The van der Waals surface area contributed by atoms with Gasteiger partial charge in [0, 0.05) is 24.8 Å². The van der Waals surface area contributed by atoms with Crippen LogP contribution in [-0.2, 0) is 13.6 Å². The zero-order valence-electron chi connectivity index (χ0n) is 8.96. The number of nitrogens with zero attached hydrogens (tertiary/aromatic N) is 2. The molecule has 0 aliphatic heterocycles. The molecule has 0 saturated heterocycles. The van der Waals surface area contributed by atoms with Gasteiger partial charge in [0.25, 0.3) is 0 Å². The summed E-state index contributed by atoms with van der Waals surface area (Å²) in [6.45, 7) is 8.51. The van der Waals surface area contributed by atoms with Gasteiger partial charge in [-0.2, -0.15) is 5.10 Å². The highest BCUT2D eigenvalue weighted by Gasteiger charge is 2.02. The SMILES string of the molecule is Cc1c(CNCC(C)C)cnn1C. The number of nitrogens with one attached hydrogen (secondary N) is 1. The van der Waals surface area contributed by atoms with Crippen LogP contribution in [0.25, 0.3) is 0 Å². The van der Waals surface area contributed by atoms with E-state index in [0.29, 0.717) is 5.92 Å². The molecule has 0 aliphatic rings. The number of hydrogen-bond acceptors (Lipinski definition) is 2. The number of aromatic nitrogens is 2. The highest BCUT2D eigenvalue weighted by molar-refractivity contribution is 5.15. The first-order valence-electron chi connectivity index (χ1n) is 4.79. The molecule has 0 aliphatic carbocycles. The lowest BCUT2D eigenvalue weighted by Crippen LogP contribution is -2.19. The van der Waals surface area contributed by atoms with Crippen LogP contribution in [0.4, 0.5) is 0 Å². The van der Waals surface area contributed by atoms with Crippen LogP contribution < -0.4 is 5.32 Å². The van der Waals surface area contributed by atoms with E-state index in [9.17, 15) is 0 Å². The molecule has 1 rings (SSSR count). The summed E-state index contributed by atoms with van der Waals surface area (Å²) in [5.74, 6) is 0.706. The van der Waals surface area contributed by atoms with Gasteiger partial charge in [0.15, 0.2) is 0 Å². The number of hydrogen-bond donors (Lipinski definition) is 1. The van der Waals surface area contributed by atoms with Crippen molar-refractivity contribution in [1.82, 2.24) is 15.1 Å². The molecule has 1 heterocycles. The molecule has 0 bridgehead atoms. The van der Waals surface area contributed by atoms with Crippen LogP contribution in [0.2, 0.25) is 0 Å². The van der Waals surface area contributed by atoms with Crippen molar-refractivity contribution >= 4 is 0 Å². The van der Waals surface area contributed by atoms with Crippen LogP contribution in [0, 0.1) is 12.8 Å². The first-order valence-corrected chi connectivity index (χ1v) is 4.79. The fourth-order valence-electron chi connectivity index (χ4n) is 1.21. The lowest BCUT2D eigenvalue weighted by atomic mass is 10.2. The fraction of sp³-hybridized carbons (Fsp3) is 0.700. The third kappa shape index (κ3) is 2.84. The maximum Gasteiger partial charge on any atom is 0.0537 e. The summed E-state index contributed by atoms with van der Waals surface area (Å²) < 4.78 is 1.91. The van der Waals surface area contributed by atoms with Crippen molar-refractivity contribution in [3.8, 4) is 0 Å². The van der Waals surface area contributed by atoms with Gasteiger partial charge in [0.05, 0.1) is 6.20 Å². The maximum atomic E-state index is 4.19. The van der Waals surface area contributed by atoms with Gasteiger partial charge in [-0.15, -0.1) is 0 Å². The van der Waals surface area contributed by atoms with Crippen molar-refractivity contribution in [3.63, 3.8) is 0 Å². The lowest BCUT2D eigenvalue weighted by Gasteiger charge is -2.06. The molecule has 0 aromatic carbocycles. The molecule has 0 amide bonds. The van der Waals surface area contributed by atoms with Crippen LogP contribution in [0.3, 0.4) is 0 Å². The first-order chi connectivity index (χ1) is 6.11. The Hall–Kier alpha value is -0.830. The summed E-state index contributed by atoms with van der Waals surface area (Å²) in [7, 11) is 1.97. The Labute approximate surface area is 80.1 Å². The Balaban J connectivity index is 2.41. The minimum atomic E-state index is 0.706. The minimum absolute atomic E-state index is 0.706. The summed E-state index contributed by atoms with van der Waals surface area (Å²) in [5.41, 5.74) is 2.54. The molecule has 1 aromatic heterocycles. The van der Waals surface area contributed by atoms with Crippen molar-refractivity contribution < 1.29 is 0 Å². The Bertz CT molecular complexity index is 263. The summed E-state index contributed by atoms with van der Waals surface area (Å²) in [5, 5.41) is 7.59. The van der Waals surface area contributed by atoms with Crippen molar-refractivity contribution in [1.29, 1.82) is 0 Å². The predicted molar refractivity (Wildman–Crippen MR) is 54.5 cm³/mol. The molecule has 0 atom stereocenters. The lowest BCUT2D eigenvalue weighted by molar-refractivity contribution is 0.551. The molecule has 3 nitrogen and oxygen atoms in total. The molecule has 0 unspecified atom stereocenters. The first kappa shape index (κ1) is 10.3. The Morgan fingerprint density at radius 3 is 2.69 bits per heavy atom. The average molecular weight is 181 g/mol. The third-order valence-corrected chi connectivity index (χ3v) is 2.20. The smallest absolute Gasteiger partial charge is 0.0537 e. The van der Waals surface area contributed by atoms with Gasteiger partial charge < -0.3 is 5.32 Å². The van der Waals surface area contributed by atoms with E-state index in [-0.39, 0.29) is 0 Å². The van der Waals surface area contributed by atoms with Gasteiger partial charge in [0.2, 0.25) is 0 Å². The highest BCUT2D eigenvalue weighted by Crippen LogP contribution is 2.04. The van der Waals surface area contributed by atoms with E-state index >= 15 is 0 Å². The van der Waals surface area contributed by atoms with E-state index in [1.165, 1.54) is 11.3 Å². The summed E-state index contributed by atoms with van der Waals surface area (Å²) in [6.07, 6.45) is 1.93. The van der Waals surface area contributed by atoms with E-state index in [0.717, 1.165) is 13.1 Å². The van der Waals surface area contributed by atoms with Crippen molar-refractivity contribution in [2.24, 2.45) is 13.0 Å². The van der Waals surface area contributed by atoms with E-state index in [4.69, 9.17) is 0 Å². The molecule has 0 saturated carbocycles. The van der Waals surface area contributed by atoms with Crippen LogP contribution in [0.15, 0.2) is 6.20 Å². The van der Waals surface area contributed by atoms with Crippen LogP contribution in [0.1, 0.15) is 25.1 Å². The molecular weight excluding hydrogens is 162 g/mol. The standard InChI is InChI=1S/C10H19N3/c1-8(2)5-11-6-10-7-12-13(4)9(10)3/h7-8,11H,5-6H2,1-4H3. The van der Waals surface area contributed by atoms with Crippen molar-refractivity contribution in [2.45, 2.75) is 27.3 Å². The second-order valence-corrected chi connectivity index (χ2v) is 3.90. The largest absolute Gasteiger partial charge is 0.312 e. The number of rotatable bonds is 4. The molecular formula is C10H19N3. The average Bonchev–Trinajstić information content (AvgIpc) is 2.35. The predicted octanol–water partition coefficient (Wildman–Crippen LogP) is 1.47. The molecule has 0 fully saturated rings. The molecule has 0 radical (unpaired) electrons. The van der Waals surface area contributed by atoms with Gasteiger partial charge in [-0.25, -0.2) is 0 Å². The fourth-order valence-corrected chi connectivity index (χ4v) is 1.21. The minimum Gasteiger partial charge on any atom is -0.312 e. The zero-order valence-corrected chi connectivity index (χ0v) is 8.96. The Morgan fingerprint density at radius 1 is 1.54 bits per heavy atom. The third-order valence-electron chi connectivity index (χ3n) is 2.20.